The zero-order valence-corrected chi connectivity index (χ0v) is 40.1. The number of carbonyl (C=O) groups is 3. The van der Waals surface area contributed by atoms with Crippen LogP contribution in [-0.2, 0) is 49.5 Å². The molecule has 0 spiro atoms. The highest BCUT2D eigenvalue weighted by Crippen LogP contribution is 2.34. The van der Waals surface area contributed by atoms with Crippen molar-refractivity contribution < 1.29 is 43.9 Å². The number of hydrogen-bond donors (Lipinski definition) is 3. The Morgan fingerprint density at radius 2 is 0.696 bits per heavy atom. The Balaban J connectivity index is 0.000000282. The lowest BCUT2D eigenvalue weighted by Crippen LogP contribution is -2.08. The SMILES string of the molecule is C=C(C)C(=O)OCCCc1ccc(-c2cc(OC(=O)C(=C)C)cc(-c3ccc(CCCOC(=O)C(=C)C)cc3)c2)cc1.OCCCc1ccc(-c2cc(O)cc(-c3ccc(CCCO)cc3)c2)cc1. The third kappa shape index (κ3) is 17.1. The van der Waals surface area contributed by atoms with Crippen molar-refractivity contribution in [2.45, 2.75) is 72.1 Å². The summed E-state index contributed by atoms with van der Waals surface area (Å²) in [6, 6.07) is 44.2. The monoisotopic (exact) mass is 928 g/mol. The average Bonchev–Trinajstić information content (AvgIpc) is 3.35. The number of aromatic hydroxyl groups is 1. The molecule has 0 atom stereocenters. The molecule has 3 N–H and O–H groups in total. The lowest BCUT2D eigenvalue weighted by atomic mass is 9.96. The Morgan fingerprint density at radius 3 is 0.986 bits per heavy atom. The Labute approximate surface area is 407 Å². The van der Waals surface area contributed by atoms with Crippen molar-refractivity contribution in [3.63, 3.8) is 0 Å². The van der Waals surface area contributed by atoms with Crippen molar-refractivity contribution in [1.29, 1.82) is 0 Å². The zero-order valence-electron chi connectivity index (χ0n) is 40.1. The molecule has 6 aromatic carbocycles. The predicted octanol–water partition coefficient (Wildman–Crippen LogP) is 12.2. The molecule has 0 unspecified atom stereocenters. The topological polar surface area (TPSA) is 140 Å². The van der Waals surface area contributed by atoms with Crippen molar-refractivity contribution in [3.8, 4) is 56.0 Å². The van der Waals surface area contributed by atoms with E-state index in [1.165, 1.54) is 11.1 Å². The van der Waals surface area contributed by atoms with Gasteiger partial charge in [-0.1, -0.05) is 117 Å². The van der Waals surface area contributed by atoms with Gasteiger partial charge in [-0.2, -0.15) is 0 Å². The van der Waals surface area contributed by atoms with E-state index >= 15 is 0 Å². The van der Waals surface area contributed by atoms with Gasteiger partial charge in [-0.25, -0.2) is 14.4 Å². The number of aliphatic hydroxyl groups is 2. The summed E-state index contributed by atoms with van der Waals surface area (Å²) in [6.07, 6.45) is 6.24. The number of rotatable bonds is 22. The van der Waals surface area contributed by atoms with Crippen molar-refractivity contribution in [1.82, 2.24) is 0 Å². The third-order valence-corrected chi connectivity index (χ3v) is 11.2. The van der Waals surface area contributed by atoms with Crippen LogP contribution < -0.4 is 4.74 Å². The van der Waals surface area contributed by atoms with Crippen LogP contribution in [0.5, 0.6) is 11.5 Å². The molecule has 0 aliphatic carbocycles. The number of hydrogen-bond acceptors (Lipinski definition) is 9. The molecule has 0 radical (unpaired) electrons. The van der Waals surface area contributed by atoms with Gasteiger partial charge < -0.3 is 29.5 Å². The van der Waals surface area contributed by atoms with Gasteiger partial charge in [-0.05, 0) is 175 Å². The molecule has 0 heterocycles. The first-order valence-corrected chi connectivity index (χ1v) is 23.3. The molecule has 0 amide bonds. The number of esters is 3. The predicted molar refractivity (Wildman–Crippen MR) is 276 cm³/mol. The highest BCUT2D eigenvalue weighted by Gasteiger charge is 2.12. The molecule has 69 heavy (non-hydrogen) atoms. The minimum Gasteiger partial charge on any atom is -0.508 e. The fourth-order valence-corrected chi connectivity index (χ4v) is 7.28. The summed E-state index contributed by atoms with van der Waals surface area (Å²) < 4.78 is 16.0. The second-order valence-corrected chi connectivity index (χ2v) is 17.2. The summed E-state index contributed by atoms with van der Waals surface area (Å²) >= 11 is 0. The molecule has 0 aliphatic heterocycles. The summed E-state index contributed by atoms with van der Waals surface area (Å²) in [5, 5.41) is 28.1. The standard InChI is InChI=1S/C36H38O6.C24H26O3/c1-24(2)34(37)40-19-7-9-27-11-15-29(16-12-27)31-21-32(23-33(22-31)42-36(39)26(5)6)30-17-13-28(14-18-30)10-8-20-41-35(38)25(3)4;25-13-1-3-18-5-9-20(10-6-18)22-15-23(17-24(27)16-22)21-11-7-19(8-12-21)4-2-14-26/h11-18,21-23H,1,3,5,7-10,19-20H2,2,4,6H3;5-12,15-17,25-27H,1-4,13-14H2. The Hall–Kier alpha value is -7.33. The van der Waals surface area contributed by atoms with Gasteiger partial charge in [0.2, 0.25) is 0 Å². The maximum absolute atomic E-state index is 12.3. The number of carbonyl (C=O) groups excluding carboxylic acids is 3. The van der Waals surface area contributed by atoms with Gasteiger partial charge in [0.1, 0.15) is 11.5 Å². The van der Waals surface area contributed by atoms with Crippen LogP contribution in [0, 0.1) is 0 Å². The van der Waals surface area contributed by atoms with Crippen LogP contribution in [0.1, 0.15) is 68.7 Å². The summed E-state index contributed by atoms with van der Waals surface area (Å²) in [7, 11) is 0. The average molecular weight is 929 g/mol. The Bertz CT molecular complexity index is 2510. The Kier molecular flexibility index (Phi) is 20.5. The van der Waals surface area contributed by atoms with Gasteiger partial charge in [0.15, 0.2) is 0 Å². The van der Waals surface area contributed by atoms with Crippen molar-refractivity contribution >= 4 is 17.9 Å². The maximum Gasteiger partial charge on any atom is 0.338 e. The smallest absolute Gasteiger partial charge is 0.338 e. The lowest BCUT2D eigenvalue weighted by Gasteiger charge is -2.12. The summed E-state index contributed by atoms with van der Waals surface area (Å²) in [4.78, 5) is 35.4. The Morgan fingerprint density at radius 1 is 0.406 bits per heavy atom. The van der Waals surface area contributed by atoms with Crippen LogP contribution >= 0.6 is 0 Å². The van der Waals surface area contributed by atoms with E-state index in [1.807, 2.05) is 60.7 Å². The molecule has 9 heteroatoms. The van der Waals surface area contributed by atoms with Gasteiger partial charge >= 0.3 is 17.9 Å². The first kappa shape index (κ1) is 52.6. The van der Waals surface area contributed by atoms with E-state index in [4.69, 9.17) is 24.4 Å². The van der Waals surface area contributed by atoms with E-state index in [9.17, 15) is 19.5 Å². The highest BCUT2D eigenvalue weighted by molar-refractivity contribution is 5.90. The van der Waals surface area contributed by atoms with Crippen LogP contribution in [0.15, 0.2) is 170 Å². The summed E-state index contributed by atoms with van der Waals surface area (Å²) in [6.45, 7) is 16.8. The second-order valence-electron chi connectivity index (χ2n) is 17.2. The molecule has 6 rings (SSSR count). The molecular formula is C60H64O9. The first-order chi connectivity index (χ1) is 33.2. The number of benzene rings is 6. The number of aliphatic hydroxyl groups excluding tert-OH is 2. The van der Waals surface area contributed by atoms with Crippen LogP contribution in [-0.4, -0.2) is 59.7 Å². The summed E-state index contributed by atoms with van der Waals surface area (Å²) in [5.74, 6) is -0.545. The number of phenols is 1. The number of phenolic OH excluding ortho intramolecular Hbond substituents is 1. The van der Waals surface area contributed by atoms with E-state index in [2.05, 4.69) is 80.4 Å². The van der Waals surface area contributed by atoms with Crippen LogP contribution in [0.3, 0.4) is 0 Å². The largest absolute Gasteiger partial charge is 0.508 e. The molecular weight excluding hydrogens is 865 g/mol. The van der Waals surface area contributed by atoms with Crippen LogP contribution in [0.25, 0.3) is 44.5 Å². The van der Waals surface area contributed by atoms with Crippen LogP contribution in [0.4, 0.5) is 0 Å². The van der Waals surface area contributed by atoms with Gasteiger partial charge in [0, 0.05) is 29.9 Å². The number of ether oxygens (including phenoxy) is 3. The fourth-order valence-electron chi connectivity index (χ4n) is 7.28. The maximum atomic E-state index is 12.3. The molecule has 6 aromatic rings. The van der Waals surface area contributed by atoms with Gasteiger partial charge in [0.05, 0.1) is 13.2 Å². The third-order valence-electron chi connectivity index (χ3n) is 11.2. The van der Waals surface area contributed by atoms with E-state index in [0.717, 1.165) is 94.2 Å². The van der Waals surface area contributed by atoms with E-state index in [1.54, 1.807) is 32.9 Å². The molecule has 0 saturated heterocycles. The molecule has 0 fully saturated rings. The number of aryl methyl sites for hydroxylation is 4. The van der Waals surface area contributed by atoms with E-state index < -0.39 is 5.97 Å². The first-order valence-electron chi connectivity index (χ1n) is 23.3. The molecule has 0 aromatic heterocycles. The van der Waals surface area contributed by atoms with Gasteiger partial charge in [-0.15, -0.1) is 0 Å². The molecule has 9 nitrogen and oxygen atoms in total. The van der Waals surface area contributed by atoms with E-state index in [0.29, 0.717) is 48.5 Å². The lowest BCUT2D eigenvalue weighted by molar-refractivity contribution is -0.139. The minimum absolute atomic E-state index is 0.205. The second kappa shape index (κ2) is 26.9. The summed E-state index contributed by atoms with van der Waals surface area (Å²) in [5.41, 5.74) is 13.6. The van der Waals surface area contributed by atoms with Gasteiger partial charge in [0.25, 0.3) is 0 Å². The van der Waals surface area contributed by atoms with Crippen molar-refractivity contribution in [2.75, 3.05) is 26.4 Å². The van der Waals surface area contributed by atoms with Gasteiger partial charge in [-0.3, -0.25) is 0 Å². The normalized spacial score (nSPS) is 10.6. The molecule has 0 bridgehead atoms. The molecule has 0 saturated carbocycles. The molecule has 358 valence electrons. The fraction of sp³-hybridized carbons (Fsp3) is 0.250. The van der Waals surface area contributed by atoms with Crippen LogP contribution in [0.2, 0.25) is 0 Å². The quantitative estimate of drug-likeness (QED) is 0.0263. The van der Waals surface area contributed by atoms with Crippen molar-refractivity contribution in [2.24, 2.45) is 0 Å². The highest BCUT2D eigenvalue weighted by atomic mass is 16.5. The van der Waals surface area contributed by atoms with E-state index in [-0.39, 0.29) is 30.9 Å². The minimum atomic E-state index is -0.483. The zero-order chi connectivity index (χ0) is 49.7. The molecule has 0 aliphatic rings. The van der Waals surface area contributed by atoms with Crippen molar-refractivity contribution in [3.05, 3.63) is 192 Å².